The summed E-state index contributed by atoms with van der Waals surface area (Å²) in [4.78, 5) is 23.5. The van der Waals surface area contributed by atoms with Gasteiger partial charge in [-0.2, -0.15) is 0 Å². The van der Waals surface area contributed by atoms with Gasteiger partial charge < -0.3 is 0 Å². The molecule has 4 rings (SSSR count). The Labute approximate surface area is 182 Å². The molecule has 0 aliphatic rings. The van der Waals surface area contributed by atoms with E-state index in [1.165, 1.54) is 17.4 Å². The van der Waals surface area contributed by atoms with E-state index in [0.29, 0.717) is 27.2 Å². The van der Waals surface area contributed by atoms with Gasteiger partial charge in [-0.15, -0.1) is 0 Å². The second-order valence-electron chi connectivity index (χ2n) is 6.22. The molecule has 0 unspecified atom stereocenters. The van der Waals surface area contributed by atoms with Gasteiger partial charge in [-0.3, -0.25) is 14.7 Å². The predicted octanol–water partition coefficient (Wildman–Crippen LogP) is 6.24. The van der Waals surface area contributed by atoms with Crippen molar-refractivity contribution in [1.82, 2.24) is 9.97 Å². The van der Waals surface area contributed by atoms with Gasteiger partial charge in [0.15, 0.2) is 5.13 Å². The van der Waals surface area contributed by atoms with Crippen molar-refractivity contribution in [2.24, 2.45) is 0 Å². The third-order valence-electron chi connectivity index (χ3n) is 4.23. The lowest BCUT2D eigenvalue weighted by atomic mass is 10.2. The molecule has 29 heavy (non-hydrogen) atoms. The highest BCUT2D eigenvalue weighted by Gasteiger charge is 2.19. The van der Waals surface area contributed by atoms with E-state index in [9.17, 15) is 4.79 Å². The van der Waals surface area contributed by atoms with Crippen LogP contribution in [0.5, 0.6) is 0 Å². The summed E-state index contributed by atoms with van der Waals surface area (Å²) in [6, 6.07) is 16.7. The molecule has 2 aromatic heterocycles. The van der Waals surface area contributed by atoms with Crippen LogP contribution < -0.4 is 4.90 Å². The lowest BCUT2D eigenvalue weighted by Crippen LogP contribution is -2.28. The molecule has 0 bridgehead atoms. The minimum atomic E-state index is -0.205. The molecule has 2 aromatic carbocycles. The number of carbonyl (C=O) groups is 1. The molecule has 0 saturated carbocycles. The average molecular weight is 440 g/mol. The monoisotopic (exact) mass is 439 g/mol. The number of rotatable bonds is 5. The number of aromatic nitrogens is 2. The van der Waals surface area contributed by atoms with Crippen molar-refractivity contribution in [3.63, 3.8) is 0 Å². The van der Waals surface area contributed by atoms with Gasteiger partial charge in [-0.05, 0) is 41.5 Å². The molecule has 2 heterocycles. The van der Waals surface area contributed by atoms with Crippen LogP contribution in [-0.2, 0) is 11.3 Å². The van der Waals surface area contributed by atoms with Crippen LogP contribution in [0.4, 0.5) is 5.13 Å². The van der Waals surface area contributed by atoms with Gasteiger partial charge in [0.25, 0.3) is 5.91 Å². The second kappa shape index (κ2) is 8.74. The van der Waals surface area contributed by atoms with E-state index in [0.717, 1.165) is 15.8 Å². The van der Waals surface area contributed by atoms with Crippen LogP contribution in [0.3, 0.4) is 0 Å². The summed E-state index contributed by atoms with van der Waals surface area (Å²) >= 11 is 13.9. The number of pyridine rings is 1. The van der Waals surface area contributed by atoms with E-state index in [2.05, 4.69) is 9.97 Å². The molecular weight excluding hydrogens is 425 g/mol. The van der Waals surface area contributed by atoms with Crippen LogP contribution in [0.25, 0.3) is 16.3 Å². The predicted molar refractivity (Wildman–Crippen MR) is 121 cm³/mol. The highest BCUT2D eigenvalue weighted by molar-refractivity contribution is 7.22. The Morgan fingerprint density at radius 3 is 2.62 bits per heavy atom. The van der Waals surface area contributed by atoms with Gasteiger partial charge in [0, 0.05) is 23.5 Å². The Morgan fingerprint density at radius 2 is 1.86 bits per heavy atom. The van der Waals surface area contributed by atoms with E-state index in [1.54, 1.807) is 35.5 Å². The van der Waals surface area contributed by atoms with Crippen LogP contribution >= 0.6 is 34.5 Å². The zero-order chi connectivity index (χ0) is 20.2. The van der Waals surface area contributed by atoms with Crippen molar-refractivity contribution in [2.45, 2.75) is 6.54 Å². The first-order chi connectivity index (χ1) is 14.1. The van der Waals surface area contributed by atoms with Crippen molar-refractivity contribution >= 4 is 61.9 Å². The topological polar surface area (TPSA) is 46.1 Å². The summed E-state index contributed by atoms with van der Waals surface area (Å²) < 4.78 is 0.923. The maximum Gasteiger partial charge on any atom is 0.253 e. The van der Waals surface area contributed by atoms with E-state index in [-0.39, 0.29) is 5.91 Å². The smallest absolute Gasteiger partial charge is 0.253 e. The van der Waals surface area contributed by atoms with Crippen molar-refractivity contribution in [2.75, 3.05) is 4.90 Å². The molecule has 0 aliphatic heterocycles. The Morgan fingerprint density at radius 1 is 1.03 bits per heavy atom. The average Bonchev–Trinajstić information content (AvgIpc) is 3.17. The lowest BCUT2D eigenvalue weighted by molar-refractivity contribution is -0.114. The molecule has 0 atom stereocenters. The number of benzene rings is 2. The van der Waals surface area contributed by atoms with Crippen LogP contribution in [0, 0.1) is 0 Å². The van der Waals surface area contributed by atoms with Gasteiger partial charge in [-0.25, -0.2) is 4.98 Å². The fourth-order valence-corrected chi connectivity index (χ4v) is 4.26. The maximum absolute atomic E-state index is 13.1. The van der Waals surface area contributed by atoms with Gasteiger partial charge in [0.1, 0.15) is 5.52 Å². The highest BCUT2D eigenvalue weighted by Crippen LogP contribution is 2.33. The number of amides is 1. The summed E-state index contributed by atoms with van der Waals surface area (Å²) in [6.07, 6.45) is 6.65. The van der Waals surface area contributed by atoms with Gasteiger partial charge in [0.05, 0.1) is 16.3 Å². The molecule has 4 nitrogen and oxygen atoms in total. The summed E-state index contributed by atoms with van der Waals surface area (Å²) in [7, 11) is 0. The van der Waals surface area contributed by atoms with Crippen LogP contribution in [0.2, 0.25) is 10.0 Å². The van der Waals surface area contributed by atoms with Gasteiger partial charge in [0.2, 0.25) is 0 Å². The second-order valence-corrected chi connectivity index (χ2v) is 8.05. The maximum atomic E-state index is 13.1. The Balaban J connectivity index is 1.70. The molecule has 0 spiro atoms. The van der Waals surface area contributed by atoms with E-state index in [1.807, 2.05) is 42.5 Å². The fraction of sp³-hybridized carbons (Fsp3) is 0.0455. The number of anilines is 1. The quantitative estimate of drug-likeness (QED) is 0.345. The van der Waals surface area contributed by atoms with Crippen LogP contribution in [-0.4, -0.2) is 15.9 Å². The van der Waals surface area contributed by atoms with Crippen molar-refractivity contribution < 1.29 is 4.79 Å². The van der Waals surface area contributed by atoms with Gasteiger partial charge in [-0.1, -0.05) is 64.9 Å². The summed E-state index contributed by atoms with van der Waals surface area (Å²) in [5.74, 6) is -0.205. The first-order valence-electron chi connectivity index (χ1n) is 8.80. The number of fused-ring (bicyclic) bond motifs is 1. The van der Waals surface area contributed by atoms with Crippen LogP contribution in [0.1, 0.15) is 11.1 Å². The SMILES string of the molecule is O=C(/C=C/c1ccccc1Cl)N(Cc1cccnc1)c1nc2c(Cl)cccc2s1. The van der Waals surface area contributed by atoms with E-state index >= 15 is 0 Å². The van der Waals surface area contributed by atoms with Crippen molar-refractivity contribution in [3.05, 3.63) is 94.2 Å². The first-order valence-corrected chi connectivity index (χ1v) is 10.4. The molecule has 7 heteroatoms. The summed E-state index contributed by atoms with van der Waals surface area (Å²) in [5.41, 5.74) is 2.36. The third kappa shape index (κ3) is 4.48. The molecule has 1 amide bonds. The number of para-hydroxylation sites is 1. The third-order valence-corrected chi connectivity index (χ3v) is 5.92. The molecule has 4 aromatic rings. The first kappa shape index (κ1) is 19.6. The molecular formula is C22H15Cl2N3OS. The largest absolute Gasteiger partial charge is 0.280 e. The number of hydrogen-bond acceptors (Lipinski definition) is 4. The van der Waals surface area contributed by atoms with Gasteiger partial charge >= 0.3 is 0 Å². The number of nitrogens with zero attached hydrogens (tertiary/aromatic N) is 3. The standard InChI is InChI=1S/C22H15Cl2N3OS/c23-17-7-2-1-6-16(17)10-11-20(28)27(14-15-5-4-12-25-13-15)22-26-21-18(24)8-3-9-19(21)29-22/h1-13H,14H2/b11-10+. The molecule has 144 valence electrons. The fourth-order valence-electron chi connectivity index (χ4n) is 2.79. The zero-order valence-electron chi connectivity index (χ0n) is 15.1. The normalized spacial score (nSPS) is 11.2. The molecule has 0 radical (unpaired) electrons. The molecule has 0 fully saturated rings. The number of halogens is 2. The zero-order valence-corrected chi connectivity index (χ0v) is 17.5. The van der Waals surface area contributed by atoms with Crippen molar-refractivity contribution in [3.8, 4) is 0 Å². The van der Waals surface area contributed by atoms with Crippen LogP contribution in [0.15, 0.2) is 73.1 Å². The lowest BCUT2D eigenvalue weighted by Gasteiger charge is -2.18. The minimum Gasteiger partial charge on any atom is -0.280 e. The Bertz CT molecular complexity index is 1190. The number of thiazole rings is 1. The summed E-state index contributed by atoms with van der Waals surface area (Å²) in [5, 5.41) is 1.72. The number of hydrogen-bond donors (Lipinski definition) is 0. The molecule has 0 aliphatic carbocycles. The van der Waals surface area contributed by atoms with E-state index < -0.39 is 0 Å². The Kier molecular flexibility index (Phi) is 5.90. The highest BCUT2D eigenvalue weighted by atomic mass is 35.5. The van der Waals surface area contributed by atoms with E-state index in [4.69, 9.17) is 23.2 Å². The Hall–Kier alpha value is -2.73. The van der Waals surface area contributed by atoms with Crippen molar-refractivity contribution in [1.29, 1.82) is 0 Å². The number of carbonyl (C=O) groups excluding carboxylic acids is 1. The minimum absolute atomic E-state index is 0.205. The molecule has 0 saturated heterocycles. The summed E-state index contributed by atoms with van der Waals surface area (Å²) in [6.45, 7) is 0.344. The molecule has 0 N–H and O–H groups in total.